The molecular formula is C67H28F20O5S2. The lowest BCUT2D eigenvalue weighted by molar-refractivity contribution is -0.255. The first kappa shape index (κ1) is 66.5. The van der Waals surface area contributed by atoms with Crippen LogP contribution in [0.3, 0.4) is 0 Å². The molecule has 27 heteroatoms. The van der Waals surface area contributed by atoms with E-state index in [9.17, 15) is 88.9 Å². The summed E-state index contributed by atoms with van der Waals surface area (Å²) in [7, 11) is -0.168. The van der Waals surface area contributed by atoms with Crippen molar-refractivity contribution in [2.45, 2.75) is 24.5 Å². The summed E-state index contributed by atoms with van der Waals surface area (Å²) in [6.45, 7) is 0. The number of benzene rings is 11. The minimum atomic E-state index is -3.17. The van der Waals surface area contributed by atoms with E-state index >= 15 is 8.78 Å². The van der Waals surface area contributed by atoms with Crippen LogP contribution in [0, 0.1) is 116 Å². The Kier molecular flexibility index (Phi) is 19.4. The predicted molar refractivity (Wildman–Crippen MR) is 298 cm³/mol. The van der Waals surface area contributed by atoms with Gasteiger partial charge in [0.15, 0.2) is 49.5 Å². The first-order valence-electron chi connectivity index (χ1n) is 26.2. The summed E-state index contributed by atoms with van der Waals surface area (Å²) < 4.78 is 302. The fourth-order valence-electron chi connectivity index (χ4n) is 8.96. The molecule has 11 rings (SSSR count). The molecule has 0 bridgehead atoms. The van der Waals surface area contributed by atoms with Crippen molar-refractivity contribution in [1.29, 1.82) is 0 Å². The molecule has 0 spiro atoms. The second-order valence-electron chi connectivity index (χ2n) is 19.2. The molecule has 0 saturated carbocycles. The third-order valence-electron chi connectivity index (χ3n) is 13.4. The second kappa shape index (κ2) is 27.4. The minimum Gasteiger partial charge on any atom is -0.545 e. The first-order chi connectivity index (χ1) is 44.8. The molecule has 1 atom stereocenters. The molecule has 0 aliphatic carbocycles. The Morgan fingerprint density at radius 3 is 0.936 bits per heavy atom. The van der Waals surface area contributed by atoms with E-state index in [-0.39, 0.29) is 10.9 Å². The van der Waals surface area contributed by atoms with Crippen LogP contribution < -0.4 is 19.3 Å². The maximum atomic E-state index is 15.2. The van der Waals surface area contributed by atoms with Crippen molar-refractivity contribution in [1.82, 2.24) is 0 Å². The highest BCUT2D eigenvalue weighted by Crippen LogP contribution is 2.55. The molecular weight excluding hydrogens is 1330 g/mol. The van der Waals surface area contributed by atoms with Crippen molar-refractivity contribution in [2.24, 2.45) is 0 Å². The summed E-state index contributed by atoms with van der Waals surface area (Å²) >= 11 is 1.81. The number of carboxylic acid groups (broad SMARTS) is 1. The van der Waals surface area contributed by atoms with Crippen LogP contribution in [0.1, 0.15) is 10.4 Å². The van der Waals surface area contributed by atoms with Crippen molar-refractivity contribution < 1.29 is 112 Å². The largest absolute Gasteiger partial charge is 0.545 e. The molecule has 0 aliphatic heterocycles. The lowest BCUT2D eigenvalue weighted by atomic mass is 9.95. The number of hydrogen-bond donors (Lipinski definition) is 0. The molecule has 0 amide bonds. The summed E-state index contributed by atoms with van der Waals surface area (Å²) in [5.41, 5.74) is -2.72. The highest BCUT2D eigenvalue weighted by atomic mass is 32.2. The zero-order valence-electron chi connectivity index (χ0n) is 46.1. The van der Waals surface area contributed by atoms with E-state index in [0.717, 1.165) is 0 Å². The van der Waals surface area contributed by atoms with E-state index in [1.165, 1.54) is 46.7 Å². The predicted octanol–water partition coefficient (Wildman–Crippen LogP) is 20.1. The fraction of sp³-hybridized carbons (Fsp3) is 0. The van der Waals surface area contributed by atoms with Crippen LogP contribution in [-0.2, 0) is 10.9 Å². The Hall–Kier alpha value is -10.4. The molecule has 0 N–H and O–H groups in total. The zero-order valence-corrected chi connectivity index (χ0v) is 47.7. The summed E-state index contributed by atoms with van der Waals surface area (Å²) in [5, 5.41) is 12.3. The van der Waals surface area contributed by atoms with Crippen LogP contribution in [0.2, 0.25) is 0 Å². The monoisotopic (exact) mass is 1360 g/mol. The van der Waals surface area contributed by atoms with Gasteiger partial charge in [-0.05, 0) is 101 Å². The number of carbonyl (C=O) groups is 1. The van der Waals surface area contributed by atoms with Crippen LogP contribution in [0.25, 0.3) is 33.4 Å². The van der Waals surface area contributed by atoms with E-state index in [1.807, 2.05) is 0 Å². The zero-order chi connectivity index (χ0) is 67.7. The highest BCUT2D eigenvalue weighted by molar-refractivity contribution is 7.99. The molecule has 11 aromatic rings. The summed E-state index contributed by atoms with van der Waals surface area (Å²) in [4.78, 5) is 18.8. The van der Waals surface area contributed by atoms with Crippen LogP contribution in [0.15, 0.2) is 194 Å². The molecule has 0 saturated heterocycles. The topological polar surface area (TPSA) is 67.8 Å². The average Bonchev–Trinajstić information content (AvgIpc) is 0.734. The standard InChI is InChI=1S/C36H27S2.C31H2F20O5/c1-4-10-28(11-5-1)30-16-20-32(21-17-30)37-33-22-26-36(27-23-33)38(34-14-8-3-9-15-34)35-24-18-31(19-25-35)29-12-6-2-7-13-29;32-6-5(7(33)9(35)10(36)8(6)34)4-2(31(52)53)1-3(54-28-20(46)14(40)11(37)15(41)21(28)47)26(55-29-22(48)16(42)12(38)17(43)23(29)49)27(4)56-30-24(50)18(44)13(39)19(45)25(30)51/h1-27H;1H,(H,52,53)/q+1;/p-1. The van der Waals surface area contributed by atoms with Gasteiger partial charge < -0.3 is 24.1 Å². The van der Waals surface area contributed by atoms with Crippen molar-refractivity contribution in [2.75, 3.05) is 0 Å². The molecule has 0 fully saturated rings. The smallest absolute Gasteiger partial charge is 0.213 e. The van der Waals surface area contributed by atoms with E-state index in [1.54, 1.807) is 11.8 Å². The van der Waals surface area contributed by atoms with Crippen molar-refractivity contribution >= 4 is 28.6 Å². The Morgan fingerprint density at radius 2 is 0.564 bits per heavy atom. The first-order valence-corrected chi connectivity index (χ1v) is 28.2. The van der Waals surface area contributed by atoms with Gasteiger partial charge in [-0.15, -0.1) is 0 Å². The Balaban J connectivity index is 0.000000220. The molecule has 0 aliphatic rings. The summed E-state index contributed by atoms with van der Waals surface area (Å²) in [5.74, 6) is -81.2. The molecule has 0 heterocycles. The molecule has 0 aromatic heterocycles. The number of aromatic carboxylic acids is 1. The molecule has 5 nitrogen and oxygen atoms in total. The van der Waals surface area contributed by atoms with Gasteiger partial charge in [-0.1, -0.05) is 103 Å². The summed E-state index contributed by atoms with van der Waals surface area (Å²) in [6, 6.07) is 58.3. The highest BCUT2D eigenvalue weighted by Gasteiger charge is 2.39. The van der Waals surface area contributed by atoms with Crippen LogP contribution >= 0.6 is 11.8 Å². The maximum absolute atomic E-state index is 15.2. The van der Waals surface area contributed by atoms with Crippen LogP contribution in [0.5, 0.6) is 34.5 Å². The number of rotatable bonds is 15. The van der Waals surface area contributed by atoms with E-state index < -0.39 is 180 Å². The normalized spacial score (nSPS) is 11.5. The molecule has 94 heavy (non-hydrogen) atoms. The Morgan fingerprint density at radius 1 is 0.287 bits per heavy atom. The maximum Gasteiger partial charge on any atom is 0.213 e. The van der Waals surface area contributed by atoms with Gasteiger partial charge in [0.05, 0.1) is 22.4 Å². The van der Waals surface area contributed by atoms with Gasteiger partial charge >= 0.3 is 0 Å². The van der Waals surface area contributed by atoms with E-state index in [4.69, 9.17) is 0 Å². The van der Waals surface area contributed by atoms with E-state index in [2.05, 4.69) is 178 Å². The SMILES string of the molecule is O=C([O-])c1cc(Oc2c(F)c(F)c(F)c(F)c2F)c(Oc2c(F)c(F)c(F)c(F)c2F)c(Oc2c(F)c(F)c(F)c(F)c2F)c1-c1c(F)c(F)c(F)c(F)c1F.c1ccc(-c2ccc(Sc3ccc([S+](c4ccccc4)c4ccc(-c5ccccc5)cc4)cc3)cc2)cc1. The van der Waals surface area contributed by atoms with Gasteiger partial charge in [0.25, 0.3) is 0 Å². The number of halogens is 20. The number of hydrogen-bond acceptors (Lipinski definition) is 6. The molecule has 0 radical (unpaired) electrons. The van der Waals surface area contributed by atoms with Crippen molar-refractivity contribution in [3.05, 3.63) is 292 Å². The number of carboxylic acids is 1. The van der Waals surface area contributed by atoms with Gasteiger partial charge in [0.1, 0.15) is 0 Å². The number of ether oxygens (including phenoxy) is 3. The van der Waals surface area contributed by atoms with Crippen molar-refractivity contribution in [3.8, 4) is 67.9 Å². The Bertz CT molecular complexity index is 4630. The van der Waals surface area contributed by atoms with E-state index in [0.29, 0.717) is 0 Å². The molecule has 478 valence electrons. The fourth-order valence-corrected chi connectivity index (χ4v) is 11.8. The Labute approximate surface area is 522 Å². The summed E-state index contributed by atoms with van der Waals surface area (Å²) in [6.07, 6.45) is 0. The van der Waals surface area contributed by atoms with Crippen LogP contribution in [-0.4, -0.2) is 5.97 Å². The van der Waals surface area contributed by atoms with Crippen molar-refractivity contribution in [3.63, 3.8) is 0 Å². The minimum absolute atomic E-state index is 0.168. The van der Waals surface area contributed by atoms with Gasteiger partial charge in [-0.25, -0.2) is 61.5 Å². The van der Waals surface area contributed by atoms with Gasteiger partial charge in [-0.3, -0.25) is 0 Å². The lowest BCUT2D eigenvalue weighted by Gasteiger charge is -2.24. The third-order valence-corrected chi connectivity index (χ3v) is 16.7. The molecule has 1 unspecified atom stereocenters. The lowest BCUT2D eigenvalue weighted by Crippen LogP contribution is -2.24. The van der Waals surface area contributed by atoms with Gasteiger partial charge in [0, 0.05) is 20.9 Å². The quantitative estimate of drug-likeness (QED) is 0.0441. The second-order valence-corrected chi connectivity index (χ2v) is 22.3. The molecule has 11 aromatic carbocycles. The van der Waals surface area contributed by atoms with Gasteiger partial charge in [0.2, 0.25) is 116 Å². The average molecular weight is 1360 g/mol. The van der Waals surface area contributed by atoms with Crippen LogP contribution in [0.4, 0.5) is 87.8 Å². The van der Waals surface area contributed by atoms with Gasteiger partial charge in [-0.2, -0.15) is 26.3 Å². The number of carbonyl (C=O) groups excluding carboxylic acids is 1. The third kappa shape index (κ3) is 12.8.